The Morgan fingerprint density at radius 1 is 0.931 bits per heavy atom. The van der Waals surface area contributed by atoms with Crippen molar-refractivity contribution in [2.24, 2.45) is 11.8 Å². The maximum atomic E-state index is 12.1. The third-order valence-corrected chi connectivity index (χ3v) is 7.21. The topological polar surface area (TPSA) is 45.3 Å². The SMILES string of the molecule is CCc1c(OC2CCC(N(CC3CC3)CC3CC3)CC2)ccc2c(=O)[nH]ccc12. The van der Waals surface area contributed by atoms with Crippen molar-refractivity contribution in [3.05, 3.63) is 40.3 Å². The Bertz CT molecular complexity index is 891. The number of aromatic amines is 1. The number of nitrogens with zero attached hydrogens (tertiary/aromatic N) is 1. The van der Waals surface area contributed by atoms with E-state index in [1.165, 1.54) is 57.2 Å². The van der Waals surface area contributed by atoms with E-state index in [0.29, 0.717) is 6.10 Å². The van der Waals surface area contributed by atoms with Crippen molar-refractivity contribution >= 4 is 10.8 Å². The molecule has 0 spiro atoms. The van der Waals surface area contributed by atoms with E-state index in [1.807, 2.05) is 18.2 Å². The number of aromatic nitrogens is 1. The molecule has 3 aliphatic carbocycles. The van der Waals surface area contributed by atoms with Crippen molar-refractivity contribution in [3.63, 3.8) is 0 Å². The standard InChI is InChI=1S/C25H34N2O2/c1-2-21-22-13-14-26-25(28)23(22)11-12-24(21)29-20-9-7-19(8-10-20)27(15-17-3-4-17)16-18-5-6-18/h11-14,17-20H,2-10,15-16H2,1H3,(H,26,28). The third-order valence-electron chi connectivity index (χ3n) is 7.21. The predicted octanol–water partition coefficient (Wildman–Crippen LogP) is 4.90. The lowest BCUT2D eigenvalue weighted by Crippen LogP contribution is -2.42. The summed E-state index contributed by atoms with van der Waals surface area (Å²) >= 11 is 0. The Morgan fingerprint density at radius 2 is 1.62 bits per heavy atom. The first-order valence-electron chi connectivity index (χ1n) is 11.7. The van der Waals surface area contributed by atoms with Crippen LogP contribution in [0.3, 0.4) is 0 Å². The maximum Gasteiger partial charge on any atom is 0.255 e. The van der Waals surface area contributed by atoms with Crippen molar-refractivity contribution in [2.45, 2.75) is 76.9 Å². The van der Waals surface area contributed by atoms with Crippen LogP contribution in [0, 0.1) is 11.8 Å². The van der Waals surface area contributed by atoms with Crippen LogP contribution < -0.4 is 10.3 Å². The fraction of sp³-hybridized carbons (Fsp3) is 0.640. The molecule has 4 nitrogen and oxygen atoms in total. The van der Waals surface area contributed by atoms with Crippen molar-refractivity contribution in [1.82, 2.24) is 9.88 Å². The highest BCUT2D eigenvalue weighted by atomic mass is 16.5. The van der Waals surface area contributed by atoms with Gasteiger partial charge in [-0.3, -0.25) is 9.69 Å². The van der Waals surface area contributed by atoms with Crippen LogP contribution in [-0.4, -0.2) is 35.1 Å². The molecule has 1 N–H and O–H groups in total. The monoisotopic (exact) mass is 394 g/mol. The van der Waals surface area contributed by atoms with Gasteiger partial charge in [-0.1, -0.05) is 6.92 Å². The number of hydrogen-bond acceptors (Lipinski definition) is 3. The van der Waals surface area contributed by atoms with E-state index < -0.39 is 0 Å². The summed E-state index contributed by atoms with van der Waals surface area (Å²) in [6.07, 6.45) is 13.5. The largest absolute Gasteiger partial charge is 0.490 e. The second-order valence-corrected chi connectivity index (χ2v) is 9.55. The van der Waals surface area contributed by atoms with Crippen LogP contribution >= 0.6 is 0 Å². The highest BCUT2D eigenvalue weighted by molar-refractivity contribution is 5.86. The normalized spacial score (nSPS) is 24.9. The summed E-state index contributed by atoms with van der Waals surface area (Å²) in [5, 5.41) is 1.79. The Hall–Kier alpha value is -1.81. The van der Waals surface area contributed by atoms with Crippen molar-refractivity contribution in [3.8, 4) is 5.75 Å². The first-order chi connectivity index (χ1) is 14.2. The number of hydrogen-bond donors (Lipinski definition) is 1. The lowest BCUT2D eigenvalue weighted by Gasteiger charge is -2.37. The molecule has 0 bridgehead atoms. The summed E-state index contributed by atoms with van der Waals surface area (Å²) in [6, 6.07) is 6.69. The highest BCUT2D eigenvalue weighted by Crippen LogP contribution is 2.37. The number of fused-ring (bicyclic) bond motifs is 1. The van der Waals surface area contributed by atoms with E-state index >= 15 is 0 Å². The molecule has 0 unspecified atom stereocenters. The average Bonchev–Trinajstić information content (AvgIpc) is 3.65. The molecule has 0 saturated heterocycles. The third kappa shape index (κ3) is 4.37. The van der Waals surface area contributed by atoms with Gasteiger partial charge in [-0.15, -0.1) is 0 Å². The summed E-state index contributed by atoms with van der Waals surface area (Å²) in [5.41, 5.74) is 1.15. The van der Waals surface area contributed by atoms with Crippen LogP contribution in [-0.2, 0) is 6.42 Å². The molecule has 1 heterocycles. The first kappa shape index (κ1) is 19.2. The lowest BCUT2D eigenvalue weighted by molar-refractivity contribution is 0.0820. The minimum absolute atomic E-state index is 0.0179. The number of H-pyrrole nitrogens is 1. The zero-order valence-electron chi connectivity index (χ0n) is 17.7. The molecule has 4 heteroatoms. The van der Waals surface area contributed by atoms with Crippen LogP contribution in [0.2, 0.25) is 0 Å². The summed E-state index contributed by atoms with van der Waals surface area (Å²) in [5.74, 6) is 2.94. The van der Waals surface area contributed by atoms with Crippen molar-refractivity contribution < 1.29 is 4.74 Å². The molecule has 0 radical (unpaired) electrons. The molecule has 29 heavy (non-hydrogen) atoms. The van der Waals surface area contributed by atoms with E-state index in [9.17, 15) is 4.79 Å². The zero-order valence-corrected chi connectivity index (χ0v) is 17.7. The van der Waals surface area contributed by atoms with Gasteiger partial charge in [-0.25, -0.2) is 0 Å². The molecule has 3 aliphatic rings. The maximum absolute atomic E-state index is 12.1. The second kappa shape index (κ2) is 8.14. The lowest BCUT2D eigenvalue weighted by atomic mass is 9.91. The Kier molecular flexibility index (Phi) is 5.38. The molecule has 0 amide bonds. The average molecular weight is 395 g/mol. The first-order valence-corrected chi connectivity index (χ1v) is 11.7. The molecular formula is C25H34N2O2. The number of nitrogens with one attached hydrogen (secondary N) is 1. The van der Waals surface area contributed by atoms with Gasteiger partial charge >= 0.3 is 0 Å². The van der Waals surface area contributed by atoms with Crippen LogP contribution in [0.15, 0.2) is 29.2 Å². The molecule has 3 fully saturated rings. The molecule has 2 aromatic rings. The molecule has 5 rings (SSSR count). The van der Waals surface area contributed by atoms with Gasteiger partial charge in [-0.2, -0.15) is 0 Å². The van der Waals surface area contributed by atoms with Gasteiger partial charge in [0.05, 0.1) is 6.10 Å². The summed E-state index contributed by atoms with van der Waals surface area (Å²) in [4.78, 5) is 17.7. The molecule has 1 aromatic heterocycles. The molecular weight excluding hydrogens is 360 g/mol. The fourth-order valence-corrected chi connectivity index (χ4v) is 5.13. The minimum atomic E-state index is -0.0179. The van der Waals surface area contributed by atoms with Gasteiger partial charge in [-0.05, 0) is 93.2 Å². The van der Waals surface area contributed by atoms with E-state index in [4.69, 9.17) is 4.74 Å². The summed E-state index contributed by atoms with van der Waals surface area (Å²) in [6.45, 7) is 4.82. The summed E-state index contributed by atoms with van der Waals surface area (Å²) in [7, 11) is 0. The number of rotatable bonds is 8. The number of ether oxygens (including phenoxy) is 1. The smallest absolute Gasteiger partial charge is 0.255 e. The Balaban J connectivity index is 1.25. The van der Waals surface area contributed by atoms with Gasteiger partial charge in [0.25, 0.3) is 5.56 Å². The minimum Gasteiger partial charge on any atom is -0.490 e. The van der Waals surface area contributed by atoms with Crippen molar-refractivity contribution in [1.29, 1.82) is 0 Å². The van der Waals surface area contributed by atoms with Gasteiger partial charge in [0.1, 0.15) is 5.75 Å². The van der Waals surface area contributed by atoms with Gasteiger partial charge in [0.15, 0.2) is 0 Å². The number of pyridine rings is 1. The number of benzene rings is 1. The van der Waals surface area contributed by atoms with Crippen molar-refractivity contribution in [2.75, 3.05) is 13.1 Å². The fourth-order valence-electron chi connectivity index (χ4n) is 5.13. The van der Waals surface area contributed by atoms with Gasteiger partial charge in [0.2, 0.25) is 0 Å². The Labute approximate surface area is 173 Å². The molecule has 0 aliphatic heterocycles. The van der Waals surface area contributed by atoms with Crippen LogP contribution in [0.1, 0.15) is 63.9 Å². The van der Waals surface area contributed by atoms with Gasteiger partial charge < -0.3 is 9.72 Å². The molecule has 1 aromatic carbocycles. The highest BCUT2D eigenvalue weighted by Gasteiger charge is 2.34. The van der Waals surface area contributed by atoms with E-state index in [1.54, 1.807) is 6.20 Å². The summed E-state index contributed by atoms with van der Waals surface area (Å²) < 4.78 is 6.51. The Morgan fingerprint density at radius 3 is 2.24 bits per heavy atom. The van der Waals surface area contributed by atoms with Crippen LogP contribution in [0.25, 0.3) is 10.8 Å². The molecule has 0 atom stereocenters. The molecule has 3 saturated carbocycles. The zero-order chi connectivity index (χ0) is 19.8. The quantitative estimate of drug-likeness (QED) is 0.692. The van der Waals surface area contributed by atoms with Crippen LogP contribution in [0.4, 0.5) is 0 Å². The van der Waals surface area contributed by atoms with E-state index in [0.717, 1.165) is 53.7 Å². The molecule has 156 valence electrons. The van der Waals surface area contributed by atoms with Crippen LogP contribution in [0.5, 0.6) is 5.75 Å². The van der Waals surface area contributed by atoms with E-state index in [2.05, 4.69) is 16.8 Å². The van der Waals surface area contributed by atoms with E-state index in [-0.39, 0.29) is 5.56 Å². The number of aryl methyl sites for hydroxylation is 1. The van der Waals surface area contributed by atoms with Gasteiger partial charge in [0, 0.05) is 36.3 Å². The second-order valence-electron chi connectivity index (χ2n) is 9.55. The predicted molar refractivity (Wildman–Crippen MR) is 118 cm³/mol.